The van der Waals surface area contributed by atoms with Crippen LogP contribution >= 0.6 is 0 Å². The average molecular weight is 871 g/mol. The summed E-state index contributed by atoms with van der Waals surface area (Å²) in [5.41, 5.74) is 20.6. The maximum absolute atomic E-state index is 9.21. The molecule has 4 heteroatoms. The number of para-hydroxylation sites is 1. The molecule has 0 fully saturated rings. The Hall–Kier alpha value is -6.26. The highest BCUT2D eigenvalue weighted by Crippen LogP contribution is 2.56. The zero-order chi connectivity index (χ0) is 49.1. The lowest BCUT2D eigenvalue weighted by atomic mass is 9.80. The fraction of sp³-hybridized carbons (Fsp3) is 0.323. The topological polar surface area (TPSA) is 21.9 Å². The first kappa shape index (κ1) is 39.0. The average Bonchev–Trinajstić information content (AvgIpc) is 3.78. The summed E-state index contributed by atoms with van der Waals surface area (Å²) in [4.78, 5) is 0. The maximum Gasteiger partial charge on any atom is 0.499 e. The van der Waals surface area contributed by atoms with Crippen LogP contribution in [0.4, 0.5) is 0 Å². The van der Waals surface area contributed by atoms with Crippen LogP contribution in [0.3, 0.4) is 0 Å². The molecule has 4 nitrogen and oxygen atoms in total. The number of fused-ring (bicyclic) bond motifs is 5. The number of ether oxygens (including phenoxy) is 1. The molecule has 8 aromatic rings. The number of hydrogen-bond donors (Lipinski definition) is 0. The SMILES string of the molecule is [2H]C(C)(C)c1ccc(-c2cc[n+]3c(c2)-c2cc(C(C)(C)C)cc4c2C32Oc3c(cc(C(C)C)cc3C(C)C)-c3n(-c5ccc(-c6c(C([2H])(C)C)cccc6C([2H])(C)C)cc5)c5cccc-4c5[n+]32)cc1. The van der Waals surface area contributed by atoms with Crippen LogP contribution in [0.15, 0.2) is 128 Å². The summed E-state index contributed by atoms with van der Waals surface area (Å²) in [6, 6.07) is 44.4. The Morgan fingerprint density at radius 2 is 1.23 bits per heavy atom. The van der Waals surface area contributed by atoms with Gasteiger partial charge in [-0.25, -0.2) is 0 Å². The first-order valence-corrected chi connectivity index (χ1v) is 24.0. The summed E-state index contributed by atoms with van der Waals surface area (Å²) in [6.45, 7) is 27.7. The molecule has 0 N–H and O–H groups in total. The summed E-state index contributed by atoms with van der Waals surface area (Å²) < 4.78 is 42.5. The van der Waals surface area contributed by atoms with Gasteiger partial charge in [0.1, 0.15) is 16.8 Å². The van der Waals surface area contributed by atoms with Crippen molar-refractivity contribution in [2.75, 3.05) is 0 Å². The second-order valence-corrected chi connectivity index (χ2v) is 21.4. The van der Waals surface area contributed by atoms with Crippen molar-refractivity contribution >= 4 is 11.0 Å². The molecule has 6 aromatic carbocycles. The van der Waals surface area contributed by atoms with Crippen LogP contribution in [0.1, 0.15) is 163 Å². The van der Waals surface area contributed by atoms with E-state index in [1.807, 2.05) is 47.6 Å². The molecule has 2 aromatic heterocycles. The number of nitrogens with zero attached hydrogens (tertiary/aromatic N) is 3. The predicted octanol–water partition coefficient (Wildman–Crippen LogP) is 15.7. The molecule has 11 rings (SSSR count). The van der Waals surface area contributed by atoms with Gasteiger partial charge in [-0.2, -0.15) is 4.57 Å². The van der Waals surface area contributed by atoms with Gasteiger partial charge in [-0.1, -0.05) is 157 Å². The van der Waals surface area contributed by atoms with Gasteiger partial charge in [0.25, 0.3) is 0 Å². The molecule has 0 radical (unpaired) electrons. The van der Waals surface area contributed by atoms with E-state index in [1.54, 1.807) is 0 Å². The van der Waals surface area contributed by atoms with Crippen LogP contribution in [-0.2, 0) is 11.3 Å². The van der Waals surface area contributed by atoms with Gasteiger partial charge in [0.15, 0.2) is 23.0 Å². The number of aromatic nitrogens is 3. The fourth-order valence-corrected chi connectivity index (χ4v) is 11.1. The Bertz CT molecular complexity index is 3410. The second kappa shape index (κ2) is 14.9. The van der Waals surface area contributed by atoms with Gasteiger partial charge >= 0.3 is 11.7 Å². The summed E-state index contributed by atoms with van der Waals surface area (Å²) >= 11 is 0. The third-order valence-electron chi connectivity index (χ3n) is 14.6. The molecule has 1 spiro atoms. The normalized spacial score (nSPS) is 16.7. The number of pyridine rings is 1. The van der Waals surface area contributed by atoms with E-state index in [9.17, 15) is 2.74 Å². The monoisotopic (exact) mass is 871 g/mol. The third kappa shape index (κ3) is 6.02. The Labute approximate surface area is 396 Å². The Kier molecular flexibility index (Phi) is 8.78. The molecule has 1 atom stereocenters. The highest BCUT2D eigenvalue weighted by atomic mass is 16.5. The van der Waals surface area contributed by atoms with Gasteiger partial charge < -0.3 is 4.74 Å². The van der Waals surface area contributed by atoms with Gasteiger partial charge in [-0.3, -0.25) is 0 Å². The van der Waals surface area contributed by atoms with Crippen molar-refractivity contribution in [2.45, 2.75) is 131 Å². The number of imidazole rings is 1. The van der Waals surface area contributed by atoms with E-state index >= 15 is 0 Å². The Morgan fingerprint density at radius 1 is 0.576 bits per heavy atom. The minimum atomic E-state index is -1.11. The number of hydrogen-bond acceptors (Lipinski definition) is 1. The molecule has 3 aliphatic rings. The van der Waals surface area contributed by atoms with Crippen LogP contribution in [-0.4, -0.2) is 4.57 Å². The minimum Gasteiger partial charge on any atom is -0.392 e. The summed E-state index contributed by atoms with van der Waals surface area (Å²) in [5.74, 6) is -1.09. The zero-order valence-electron chi connectivity index (χ0n) is 44.0. The lowest BCUT2D eigenvalue weighted by Gasteiger charge is -2.34. The van der Waals surface area contributed by atoms with Crippen LogP contribution in [0.2, 0.25) is 0 Å². The van der Waals surface area contributed by atoms with Crippen molar-refractivity contribution in [2.24, 2.45) is 0 Å². The highest BCUT2D eigenvalue weighted by molar-refractivity contribution is 5.98. The largest absolute Gasteiger partial charge is 0.499 e. The van der Waals surface area contributed by atoms with E-state index in [1.165, 1.54) is 33.4 Å². The van der Waals surface area contributed by atoms with E-state index in [0.717, 1.165) is 84.1 Å². The van der Waals surface area contributed by atoms with E-state index in [0.29, 0.717) is 5.92 Å². The quantitative estimate of drug-likeness (QED) is 0.139. The van der Waals surface area contributed by atoms with Crippen molar-refractivity contribution < 1.29 is 18.0 Å². The van der Waals surface area contributed by atoms with Gasteiger partial charge in [-0.05, 0) is 133 Å². The molecule has 0 saturated carbocycles. The summed E-state index contributed by atoms with van der Waals surface area (Å²) in [7, 11) is 0. The molecule has 0 amide bonds. The van der Waals surface area contributed by atoms with E-state index in [2.05, 4.69) is 184 Å². The smallest absolute Gasteiger partial charge is 0.392 e. The van der Waals surface area contributed by atoms with Crippen LogP contribution in [0.25, 0.3) is 72.7 Å². The van der Waals surface area contributed by atoms with Gasteiger partial charge in [-0.15, -0.1) is 9.13 Å². The molecular formula is C62H65N3O+2. The molecule has 5 heterocycles. The summed E-state index contributed by atoms with van der Waals surface area (Å²) in [5, 5.41) is 0. The third-order valence-corrected chi connectivity index (χ3v) is 14.6. The highest BCUT2D eigenvalue weighted by Gasteiger charge is 2.69. The molecule has 1 unspecified atom stereocenters. The minimum absolute atomic E-state index is 0.135. The second-order valence-electron chi connectivity index (χ2n) is 21.4. The zero-order valence-corrected chi connectivity index (χ0v) is 41.0. The molecule has 332 valence electrons. The van der Waals surface area contributed by atoms with Crippen molar-refractivity contribution in [3.63, 3.8) is 0 Å². The lowest BCUT2D eigenvalue weighted by Crippen LogP contribution is -2.78. The Morgan fingerprint density at radius 3 is 1.85 bits per heavy atom. The molecule has 66 heavy (non-hydrogen) atoms. The Balaban J connectivity index is 1.25. The van der Waals surface area contributed by atoms with E-state index < -0.39 is 23.5 Å². The molecule has 0 saturated heterocycles. The van der Waals surface area contributed by atoms with Gasteiger partial charge in [0.2, 0.25) is 5.69 Å². The molecule has 0 aliphatic carbocycles. The molecular weight excluding hydrogens is 803 g/mol. The fourth-order valence-electron chi connectivity index (χ4n) is 11.1. The van der Waals surface area contributed by atoms with Gasteiger partial charge in [0, 0.05) is 27.4 Å². The lowest BCUT2D eigenvalue weighted by molar-refractivity contribution is -0.997. The van der Waals surface area contributed by atoms with Crippen LogP contribution in [0, 0.1) is 0 Å². The molecule has 0 bridgehead atoms. The number of benzene rings is 6. The maximum atomic E-state index is 9.21. The standard InChI is InChI=1S/C62H65N3O/c1-35(2)40-20-22-41(23-21-40)43-28-29-63-55(32-43)52-34-45(61(11,12)13)33-51-49-18-15-19-54-58(49)65-60(53-31-44(36(3)4)30-50(39(9)10)59(53)66-62(63,65)57(51)52)64(54)46-26-24-42(25-27-46)56-47(37(5)6)16-14-17-48(56)38(7)8/h14-39H,1-13H3/q+2/i35D,37D,38D. The first-order chi connectivity index (χ1) is 32.4. The van der Waals surface area contributed by atoms with Crippen molar-refractivity contribution in [3.8, 4) is 67.5 Å². The van der Waals surface area contributed by atoms with Crippen molar-refractivity contribution in [1.29, 1.82) is 0 Å². The van der Waals surface area contributed by atoms with Gasteiger partial charge in [0.05, 0.1) is 5.56 Å². The van der Waals surface area contributed by atoms with E-state index in [-0.39, 0.29) is 11.3 Å². The van der Waals surface area contributed by atoms with E-state index in [4.69, 9.17) is 6.11 Å². The predicted molar refractivity (Wildman–Crippen MR) is 273 cm³/mol. The van der Waals surface area contributed by atoms with Crippen molar-refractivity contribution in [1.82, 2.24) is 4.57 Å². The first-order valence-electron chi connectivity index (χ1n) is 25.5. The number of rotatable bonds is 8. The van der Waals surface area contributed by atoms with Crippen LogP contribution < -0.4 is 13.9 Å². The van der Waals surface area contributed by atoms with Crippen molar-refractivity contribution in [3.05, 3.63) is 166 Å². The summed E-state index contributed by atoms with van der Waals surface area (Å²) in [6.07, 6.45) is 2.25. The molecule has 3 aliphatic heterocycles. The van der Waals surface area contributed by atoms with Crippen LogP contribution in [0.5, 0.6) is 5.75 Å².